The molecule has 0 saturated carbocycles. The molecule has 3 aromatic rings. The van der Waals surface area contributed by atoms with Crippen LogP contribution >= 0.6 is 0 Å². The zero-order chi connectivity index (χ0) is 21.1. The first-order valence-corrected chi connectivity index (χ1v) is 9.40. The van der Waals surface area contributed by atoms with E-state index in [-0.39, 0.29) is 5.56 Å². The van der Waals surface area contributed by atoms with Crippen LogP contribution in [0.1, 0.15) is 35.3 Å². The molecule has 0 radical (unpaired) electrons. The molecule has 3 aromatic carbocycles. The fourth-order valence-electron chi connectivity index (χ4n) is 2.43. The molecule has 0 aliphatic carbocycles. The maximum absolute atomic E-state index is 11.0. The summed E-state index contributed by atoms with van der Waals surface area (Å²) in [5.41, 5.74) is 7.44. The lowest BCUT2D eigenvalue weighted by Gasteiger charge is -2.06. The molecule has 3 N–H and O–H groups in total. The summed E-state index contributed by atoms with van der Waals surface area (Å²) in [4.78, 5) is 16.3. The number of nitrogens with zero attached hydrogens (tertiary/aromatic N) is 1. The molecular formula is C24H26N2O3. The number of carboxylic acids is 1. The lowest BCUT2D eigenvalue weighted by Crippen LogP contribution is -2.57. The van der Waals surface area contributed by atoms with E-state index in [0.29, 0.717) is 18.2 Å². The maximum atomic E-state index is 11.0. The molecule has 0 atom stereocenters. The minimum absolute atomic E-state index is 0.0852. The molecule has 0 spiro atoms. The third kappa shape index (κ3) is 7.60. The van der Waals surface area contributed by atoms with Gasteiger partial charge in [0.2, 0.25) is 0 Å². The van der Waals surface area contributed by atoms with Crippen LogP contribution in [-0.4, -0.2) is 18.2 Å². The van der Waals surface area contributed by atoms with E-state index in [0.717, 1.165) is 16.7 Å². The predicted octanol–water partition coefficient (Wildman–Crippen LogP) is 2.90. The van der Waals surface area contributed by atoms with Gasteiger partial charge in [0.25, 0.3) is 0 Å². The highest BCUT2D eigenvalue weighted by Gasteiger charge is 2.00. The van der Waals surface area contributed by atoms with Crippen molar-refractivity contribution in [3.8, 4) is 11.1 Å². The molecule has 29 heavy (non-hydrogen) atoms. The van der Waals surface area contributed by atoms with Crippen molar-refractivity contribution in [2.75, 3.05) is 0 Å². The van der Waals surface area contributed by atoms with E-state index in [1.54, 1.807) is 18.2 Å². The van der Waals surface area contributed by atoms with Gasteiger partial charge in [0, 0.05) is 11.1 Å². The maximum Gasteiger partial charge on any atom is 0.142 e. The third-order valence-corrected chi connectivity index (χ3v) is 3.74. The molecule has 150 valence electrons. The van der Waals surface area contributed by atoms with Gasteiger partial charge in [0.15, 0.2) is 0 Å². The zero-order valence-electron chi connectivity index (χ0n) is 16.7. The lowest BCUT2D eigenvalue weighted by atomic mass is 10.0. The molecule has 0 fully saturated rings. The molecule has 5 heteroatoms. The number of hydrogen-bond acceptors (Lipinski definition) is 4. The van der Waals surface area contributed by atoms with Crippen LogP contribution in [0.4, 0.5) is 0 Å². The Bertz CT molecular complexity index is 918. The first-order valence-electron chi connectivity index (χ1n) is 9.40. The van der Waals surface area contributed by atoms with Crippen LogP contribution in [0, 0.1) is 0 Å². The number of carbonyl (C=O) groups is 1. The van der Waals surface area contributed by atoms with Crippen molar-refractivity contribution >= 4 is 12.2 Å². The Hall–Kier alpha value is -3.44. The molecule has 0 aliphatic heterocycles. The van der Waals surface area contributed by atoms with E-state index in [4.69, 9.17) is 4.84 Å². The Labute approximate surface area is 171 Å². The van der Waals surface area contributed by atoms with Gasteiger partial charge in [-0.2, -0.15) is 0 Å². The monoisotopic (exact) mass is 390 g/mol. The number of hydrogen-bond donors (Lipinski definition) is 1. The number of oxime groups is 1. The van der Waals surface area contributed by atoms with E-state index in [1.807, 2.05) is 42.5 Å². The molecule has 0 aromatic heterocycles. The van der Waals surface area contributed by atoms with Crippen molar-refractivity contribution in [3.63, 3.8) is 0 Å². The van der Waals surface area contributed by atoms with Crippen molar-refractivity contribution < 1.29 is 20.5 Å². The van der Waals surface area contributed by atoms with E-state index >= 15 is 0 Å². The molecule has 0 heterocycles. The fraction of sp³-hybridized carbons (Fsp3) is 0.167. The Balaban J connectivity index is 0.000000687. The van der Waals surface area contributed by atoms with Crippen LogP contribution in [-0.2, 0) is 11.4 Å². The largest absolute Gasteiger partial charge is 0.545 e. The van der Waals surface area contributed by atoms with E-state index in [1.165, 1.54) is 12.3 Å². The second-order valence-electron chi connectivity index (χ2n) is 6.84. The first kappa shape index (κ1) is 21.9. The van der Waals surface area contributed by atoms with Crippen molar-refractivity contribution in [3.05, 3.63) is 95.6 Å². The number of aromatic carboxylic acids is 1. The molecular weight excluding hydrogens is 364 g/mol. The van der Waals surface area contributed by atoms with Gasteiger partial charge in [-0.15, -0.1) is 0 Å². The van der Waals surface area contributed by atoms with Gasteiger partial charge in [0.1, 0.15) is 6.61 Å². The quantitative estimate of drug-likeness (QED) is 0.518. The van der Waals surface area contributed by atoms with E-state index in [9.17, 15) is 9.90 Å². The first-order chi connectivity index (χ1) is 14.0. The number of benzene rings is 3. The van der Waals surface area contributed by atoms with Gasteiger partial charge in [-0.3, -0.25) is 0 Å². The summed E-state index contributed by atoms with van der Waals surface area (Å²) in [5, 5.41) is 14.9. The van der Waals surface area contributed by atoms with Crippen LogP contribution in [0.15, 0.2) is 84.0 Å². The standard InChI is InChI=1S/C21H17NO3.C3H9N/c23-21(24)20-9-5-4-8-19(20)14-22-25-15-16-10-12-18(13-11-16)17-6-2-1-3-7-17;1-3(2)4/h1-14H,15H2,(H,23,24);3H,4H2,1-2H3/b22-14+;. The smallest absolute Gasteiger partial charge is 0.142 e. The number of rotatable bonds is 6. The van der Waals surface area contributed by atoms with Crippen molar-refractivity contribution in [2.24, 2.45) is 5.16 Å². The SMILES string of the molecule is CC(C)[NH3+].O=C([O-])c1ccccc1/C=N/OCc1ccc(-c2ccccc2)cc1. The van der Waals surface area contributed by atoms with Gasteiger partial charge >= 0.3 is 0 Å². The summed E-state index contributed by atoms with van der Waals surface area (Å²) in [6, 6.07) is 25.2. The van der Waals surface area contributed by atoms with Crippen LogP contribution in [0.5, 0.6) is 0 Å². The van der Waals surface area contributed by atoms with Gasteiger partial charge in [0.05, 0.1) is 18.2 Å². The zero-order valence-corrected chi connectivity index (χ0v) is 16.7. The number of carbonyl (C=O) groups excluding carboxylic acids is 1. The second kappa shape index (κ2) is 11.4. The Morgan fingerprint density at radius 2 is 1.52 bits per heavy atom. The van der Waals surface area contributed by atoms with Crippen LogP contribution in [0.3, 0.4) is 0 Å². The minimum Gasteiger partial charge on any atom is -0.545 e. The fourth-order valence-corrected chi connectivity index (χ4v) is 2.43. The second-order valence-corrected chi connectivity index (χ2v) is 6.84. The molecule has 0 saturated heterocycles. The lowest BCUT2D eigenvalue weighted by molar-refractivity contribution is -0.407. The summed E-state index contributed by atoms with van der Waals surface area (Å²) in [7, 11) is 0. The molecule has 0 bridgehead atoms. The molecule has 5 nitrogen and oxygen atoms in total. The Morgan fingerprint density at radius 3 is 2.14 bits per heavy atom. The summed E-state index contributed by atoms with van der Waals surface area (Å²) >= 11 is 0. The van der Waals surface area contributed by atoms with E-state index < -0.39 is 5.97 Å². The highest BCUT2D eigenvalue weighted by molar-refractivity contribution is 5.97. The molecule has 3 rings (SSSR count). The molecule has 0 aliphatic rings. The van der Waals surface area contributed by atoms with Gasteiger partial charge < -0.3 is 20.5 Å². The van der Waals surface area contributed by atoms with Crippen LogP contribution in [0.2, 0.25) is 0 Å². The normalized spacial score (nSPS) is 10.5. The average Bonchev–Trinajstić information content (AvgIpc) is 2.72. The van der Waals surface area contributed by atoms with Crippen LogP contribution in [0.25, 0.3) is 11.1 Å². The summed E-state index contributed by atoms with van der Waals surface area (Å²) < 4.78 is 0. The van der Waals surface area contributed by atoms with Gasteiger partial charge in [-0.25, -0.2) is 0 Å². The highest BCUT2D eigenvalue weighted by atomic mass is 16.6. The highest BCUT2D eigenvalue weighted by Crippen LogP contribution is 2.19. The Kier molecular flexibility index (Phi) is 8.60. The minimum atomic E-state index is -1.24. The van der Waals surface area contributed by atoms with Gasteiger partial charge in [-0.05, 0) is 30.5 Å². The Morgan fingerprint density at radius 1 is 0.966 bits per heavy atom. The summed E-state index contributed by atoms with van der Waals surface area (Å²) in [6.45, 7) is 4.42. The van der Waals surface area contributed by atoms with E-state index in [2.05, 4.69) is 36.9 Å². The molecule has 0 unspecified atom stereocenters. The summed E-state index contributed by atoms with van der Waals surface area (Å²) in [5.74, 6) is -1.24. The predicted molar refractivity (Wildman–Crippen MR) is 113 cm³/mol. The van der Waals surface area contributed by atoms with Crippen molar-refractivity contribution in [1.29, 1.82) is 0 Å². The van der Waals surface area contributed by atoms with Gasteiger partial charge in [-0.1, -0.05) is 84.0 Å². The topological polar surface area (TPSA) is 89.4 Å². The number of carboxylic acid groups (broad SMARTS) is 1. The van der Waals surface area contributed by atoms with Crippen LogP contribution < -0.4 is 10.8 Å². The summed E-state index contributed by atoms with van der Waals surface area (Å²) in [6.07, 6.45) is 1.38. The average molecular weight is 390 g/mol. The third-order valence-electron chi connectivity index (χ3n) is 3.74. The molecule has 0 amide bonds. The van der Waals surface area contributed by atoms with Crippen molar-refractivity contribution in [2.45, 2.75) is 26.5 Å². The number of quaternary nitrogens is 1. The van der Waals surface area contributed by atoms with Crippen molar-refractivity contribution in [1.82, 2.24) is 0 Å².